The van der Waals surface area contributed by atoms with Crippen molar-refractivity contribution in [3.05, 3.63) is 12.3 Å². The molecule has 0 spiro atoms. The molecule has 14 heavy (non-hydrogen) atoms. The molecule has 0 bridgehead atoms. The number of aliphatic hydroxyl groups excluding tert-OH is 1. The lowest BCUT2D eigenvalue weighted by Crippen LogP contribution is -2.40. The largest absolute Gasteiger partial charge is 0.415 e. The molecule has 2 fully saturated rings. The van der Waals surface area contributed by atoms with Crippen LogP contribution in [0.3, 0.4) is 0 Å². The van der Waals surface area contributed by atoms with Gasteiger partial charge in [0.25, 0.3) is 0 Å². The molecule has 2 aliphatic heterocycles. The number of fused-ring (bicyclic) bond motifs is 1. The lowest BCUT2D eigenvalue weighted by Gasteiger charge is -2.32. The molecule has 1 N–H and O–H groups in total. The van der Waals surface area contributed by atoms with Crippen LogP contribution in [-0.4, -0.2) is 35.3 Å². The van der Waals surface area contributed by atoms with Gasteiger partial charge in [-0.25, -0.2) is 4.79 Å². The smallest absolute Gasteiger partial charge is 0.413 e. The van der Waals surface area contributed by atoms with E-state index in [0.29, 0.717) is 11.7 Å². The Morgan fingerprint density at radius 3 is 3.14 bits per heavy atom. The third-order valence-electron chi connectivity index (χ3n) is 3.07. The highest BCUT2D eigenvalue weighted by atomic mass is 16.6. The Bertz CT molecular complexity index is 264. The minimum atomic E-state index is -0.262. The molecule has 2 heterocycles. The molecule has 4 heteroatoms. The number of hydrogen-bond donors (Lipinski definition) is 1. The summed E-state index contributed by atoms with van der Waals surface area (Å²) in [5.74, 6) is 1.06. The maximum Gasteiger partial charge on any atom is 0.415 e. The molecular weight excluding hydrogens is 182 g/mol. The fraction of sp³-hybridized carbons (Fsp3) is 0.700. The van der Waals surface area contributed by atoms with Gasteiger partial charge in [0.1, 0.15) is 5.76 Å². The summed E-state index contributed by atoms with van der Waals surface area (Å²) in [7, 11) is 0. The van der Waals surface area contributed by atoms with Crippen molar-refractivity contribution >= 4 is 6.09 Å². The molecular formula is C10H15NO3. The first kappa shape index (κ1) is 9.52. The maximum absolute atomic E-state index is 11.3. The first-order chi connectivity index (χ1) is 6.72. The van der Waals surface area contributed by atoms with E-state index in [1.54, 1.807) is 4.90 Å². The Balaban J connectivity index is 2.02. The molecule has 2 aliphatic rings. The van der Waals surface area contributed by atoms with Crippen molar-refractivity contribution in [2.75, 3.05) is 13.2 Å². The standard InChI is InChI=1S/C10H15NO3/c1-7-9-6-8(3-5-12)2-4-11(9)10(13)14-7/h8-9,12H,1-6H2/t8-,9+/m1/s1. The molecule has 4 nitrogen and oxygen atoms in total. The minimum Gasteiger partial charge on any atom is -0.413 e. The Labute approximate surface area is 83.2 Å². The summed E-state index contributed by atoms with van der Waals surface area (Å²) in [5, 5.41) is 8.84. The van der Waals surface area contributed by atoms with Gasteiger partial charge in [-0.05, 0) is 25.2 Å². The second-order valence-corrected chi connectivity index (χ2v) is 3.95. The lowest BCUT2D eigenvalue weighted by atomic mass is 9.89. The number of amides is 1. The van der Waals surface area contributed by atoms with Gasteiger partial charge >= 0.3 is 6.09 Å². The van der Waals surface area contributed by atoms with E-state index in [1.165, 1.54) is 0 Å². The monoisotopic (exact) mass is 197 g/mol. The summed E-state index contributed by atoms with van der Waals surface area (Å²) >= 11 is 0. The highest BCUT2D eigenvalue weighted by molar-refractivity contribution is 5.73. The van der Waals surface area contributed by atoms with Gasteiger partial charge in [-0.2, -0.15) is 0 Å². The van der Waals surface area contributed by atoms with Crippen molar-refractivity contribution in [3.63, 3.8) is 0 Å². The molecule has 2 rings (SSSR count). The summed E-state index contributed by atoms with van der Waals surface area (Å²) in [6, 6.07) is 0.0489. The van der Waals surface area contributed by atoms with Crippen molar-refractivity contribution < 1.29 is 14.6 Å². The second kappa shape index (κ2) is 3.61. The van der Waals surface area contributed by atoms with Crippen molar-refractivity contribution in [2.24, 2.45) is 5.92 Å². The first-order valence-corrected chi connectivity index (χ1v) is 5.00. The quantitative estimate of drug-likeness (QED) is 0.721. The number of ether oxygens (including phenoxy) is 1. The van der Waals surface area contributed by atoms with Gasteiger partial charge < -0.3 is 9.84 Å². The van der Waals surface area contributed by atoms with Gasteiger partial charge in [-0.1, -0.05) is 6.58 Å². The summed E-state index contributed by atoms with van der Waals surface area (Å²) in [6.45, 7) is 4.69. The van der Waals surface area contributed by atoms with Gasteiger partial charge in [0, 0.05) is 13.2 Å². The molecule has 0 aromatic rings. The number of rotatable bonds is 2. The molecule has 0 saturated carbocycles. The van der Waals surface area contributed by atoms with Crippen molar-refractivity contribution in [2.45, 2.75) is 25.3 Å². The number of cyclic esters (lactones) is 1. The van der Waals surface area contributed by atoms with E-state index in [-0.39, 0.29) is 18.7 Å². The van der Waals surface area contributed by atoms with Gasteiger partial charge in [0.15, 0.2) is 0 Å². The van der Waals surface area contributed by atoms with Crippen LogP contribution in [0.2, 0.25) is 0 Å². The fourth-order valence-electron chi connectivity index (χ4n) is 2.25. The topological polar surface area (TPSA) is 49.8 Å². The Morgan fingerprint density at radius 2 is 2.43 bits per heavy atom. The molecule has 2 saturated heterocycles. The number of aliphatic hydroxyl groups is 1. The van der Waals surface area contributed by atoms with E-state index in [9.17, 15) is 4.79 Å². The minimum absolute atomic E-state index is 0.0489. The first-order valence-electron chi connectivity index (χ1n) is 5.00. The van der Waals surface area contributed by atoms with E-state index < -0.39 is 0 Å². The van der Waals surface area contributed by atoms with Crippen LogP contribution in [0, 0.1) is 5.92 Å². The van der Waals surface area contributed by atoms with Crippen LogP contribution in [0.5, 0.6) is 0 Å². The number of piperidine rings is 1. The van der Waals surface area contributed by atoms with Crippen LogP contribution in [0.25, 0.3) is 0 Å². The molecule has 2 atom stereocenters. The van der Waals surface area contributed by atoms with E-state index in [4.69, 9.17) is 9.84 Å². The predicted molar refractivity (Wildman–Crippen MR) is 50.5 cm³/mol. The number of nitrogens with zero attached hydrogens (tertiary/aromatic N) is 1. The van der Waals surface area contributed by atoms with Gasteiger partial charge in [-0.15, -0.1) is 0 Å². The number of hydrogen-bond acceptors (Lipinski definition) is 3. The molecule has 78 valence electrons. The van der Waals surface area contributed by atoms with E-state index in [2.05, 4.69) is 6.58 Å². The molecule has 0 aliphatic carbocycles. The van der Waals surface area contributed by atoms with E-state index >= 15 is 0 Å². The van der Waals surface area contributed by atoms with Gasteiger partial charge in [0.2, 0.25) is 0 Å². The van der Waals surface area contributed by atoms with Gasteiger partial charge in [-0.3, -0.25) is 4.90 Å². The summed E-state index contributed by atoms with van der Waals surface area (Å²) in [4.78, 5) is 13.0. The van der Waals surface area contributed by atoms with Crippen LogP contribution in [0.15, 0.2) is 12.3 Å². The van der Waals surface area contributed by atoms with Gasteiger partial charge in [0.05, 0.1) is 6.04 Å². The highest BCUT2D eigenvalue weighted by Gasteiger charge is 2.40. The average Bonchev–Trinajstić information content (AvgIpc) is 2.43. The second-order valence-electron chi connectivity index (χ2n) is 3.95. The lowest BCUT2D eigenvalue weighted by molar-refractivity contribution is 0.138. The SMILES string of the molecule is C=C1OC(=O)N2CC[C@H](CCO)C[C@@H]12. The normalized spacial score (nSPS) is 31.6. The number of carbonyl (C=O) groups is 1. The van der Waals surface area contributed by atoms with Crippen molar-refractivity contribution in [1.29, 1.82) is 0 Å². The molecule has 1 amide bonds. The Hall–Kier alpha value is -1.03. The summed E-state index contributed by atoms with van der Waals surface area (Å²) < 4.78 is 4.96. The zero-order valence-corrected chi connectivity index (χ0v) is 8.11. The maximum atomic E-state index is 11.3. The highest BCUT2D eigenvalue weighted by Crippen LogP contribution is 2.33. The van der Waals surface area contributed by atoms with E-state index in [0.717, 1.165) is 25.8 Å². The summed E-state index contributed by atoms with van der Waals surface area (Å²) in [5.41, 5.74) is 0. The average molecular weight is 197 g/mol. The van der Waals surface area contributed by atoms with E-state index in [1.807, 2.05) is 0 Å². The zero-order chi connectivity index (χ0) is 10.1. The van der Waals surface area contributed by atoms with Crippen LogP contribution in [-0.2, 0) is 4.74 Å². The van der Waals surface area contributed by atoms with Crippen molar-refractivity contribution in [3.8, 4) is 0 Å². The fourth-order valence-corrected chi connectivity index (χ4v) is 2.25. The number of carbonyl (C=O) groups excluding carboxylic acids is 1. The Kier molecular flexibility index (Phi) is 2.46. The van der Waals surface area contributed by atoms with Crippen LogP contribution in [0.4, 0.5) is 4.79 Å². The molecule has 0 radical (unpaired) electrons. The zero-order valence-electron chi connectivity index (χ0n) is 8.11. The van der Waals surface area contributed by atoms with Crippen LogP contribution < -0.4 is 0 Å². The predicted octanol–water partition coefficient (Wildman–Crippen LogP) is 1.11. The third-order valence-corrected chi connectivity index (χ3v) is 3.07. The van der Waals surface area contributed by atoms with Crippen molar-refractivity contribution in [1.82, 2.24) is 4.90 Å². The molecule has 0 unspecified atom stereocenters. The Morgan fingerprint density at radius 1 is 1.64 bits per heavy atom. The summed E-state index contributed by atoms with van der Waals surface area (Å²) in [6.07, 6.45) is 2.39. The molecule has 0 aromatic carbocycles. The van der Waals surface area contributed by atoms with Crippen LogP contribution in [0.1, 0.15) is 19.3 Å². The van der Waals surface area contributed by atoms with Crippen LogP contribution >= 0.6 is 0 Å². The molecule has 0 aromatic heterocycles. The third kappa shape index (κ3) is 1.50.